The molecule has 0 spiro atoms. The summed E-state index contributed by atoms with van der Waals surface area (Å²) in [5.41, 5.74) is 1.51. The number of halogens is 3. The Labute approximate surface area is 123 Å². The summed E-state index contributed by atoms with van der Waals surface area (Å²) in [5.74, 6) is -2.58. The molecule has 3 rings (SSSR count). The summed E-state index contributed by atoms with van der Waals surface area (Å²) in [6.07, 6.45) is 0.403. The lowest BCUT2D eigenvalue weighted by Gasteiger charge is -2.29. The zero-order chi connectivity index (χ0) is 14.5. The first kappa shape index (κ1) is 13.8. The summed E-state index contributed by atoms with van der Waals surface area (Å²) >= 11 is 3.40. The molecular formula is C14H15BrF2N2O. The Morgan fingerprint density at radius 2 is 1.90 bits per heavy atom. The van der Waals surface area contributed by atoms with Gasteiger partial charge in [0.05, 0.1) is 11.0 Å². The van der Waals surface area contributed by atoms with Crippen LogP contribution < -0.4 is 5.69 Å². The number of alkyl halides is 2. The highest BCUT2D eigenvalue weighted by atomic mass is 79.9. The van der Waals surface area contributed by atoms with Crippen molar-refractivity contribution in [3.63, 3.8) is 0 Å². The molecule has 20 heavy (non-hydrogen) atoms. The molecule has 0 N–H and O–H groups in total. The van der Waals surface area contributed by atoms with Crippen molar-refractivity contribution in [1.82, 2.24) is 9.13 Å². The fourth-order valence-corrected chi connectivity index (χ4v) is 3.33. The van der Waals surface area contributed by atoms with E-state index in [1.54, 1.807) is 16.2 Å². The van der Waals surface area contributed by atoms with Crippen LogP contribution in [0.25, 0.3) is 11.0 Å². The van der Waals surface area contributed by atoms with E-state index in [2.05, 4.69) is 15.9 Å². The van der Waals surface area contributed by atoms with Crippen LogP contribution in [0.4, 0.5) is 8.78 Å². The van der Waals surface area contributed by atoms with E-state index in [-0.39, 0.29) is 24.6 Å². The van der Waals surface area contributed by atoms with Gasteiger partial charge in [-0.1, -0.05) is 15.9 Å². The van der Waals surface area contributed by atoms with Crippen LogP contribution in [0, 0.1) is 0 Å². The molecule has 108 valence electrons. The minimum atomic E-state index is -2.58. The van der Waals surface area contributed by atoms with Crippen LogP contribution in [0.5, 0.6) is 0 Å². The molecule has 1 aliphatic carbocycles. The number of benzene rings is 1. The van der Waals surface area contributed by atoms with Gasteiger partial charge in [-0.3, -0.25) is 9.13 Å². The topological polar surface area (TPSA) is 26.9 Å². The maximum Gasteiger partial charge on any atom is 0.329 e. The van der Waals surface area contributed by atoms with E-state index in [1.807, 2.05) is 18.2 Å². The summed E-state index contributed by atoms with van der Waals surface area (Å²) in [6, 6.07) is 5.49. The Bertz CT molecular complexity index is 710. The smallest absolute Gasteiger partial charge is 0.295 e. The molecule has 0 bridgehead atoms. The van der Waals surface area contributed by atoms with Crippen LogP contribution in [0.1, 0.15) is 31.7 Å². The SMILES string of the molecule is Cn1c(=O)n(C2CCC(F)(F)CC2)c2cc(Br)ccc21. The summed E-state index contributed by atoms with van der Waals surface area (Å²) in [7, 11) is 1.71. The molecular weight excluding hydrogens is 330 g/mol. The van der Waals surface area contributed by atoms with E-state index in [0.717, 1.165) is 15.5 Å². The van der Waals surface area contributed by atoms with E-state index >= 15 is 0 Å². The van der Waals surface area contributed by atoms with Gasteiger partial charge in [0.2, 0.25) is 5.92 Å². The molecule has 6 heteroatoms. The summed E-state index contributed by atoms with van der Waals surface area (Å²) in [5, 5.41) is 0. The van der Waals surface area contributed by atoms with Gasteiger partial charge in [0.1, 0.15) is 0 Å². The second kappa shape index (κ2) is 4.69. The molecule has 0 atom stereocenters. The third-order valence-corrected chi connectivity index (χ3v) is 4.60. The van der Waals surface area contributed by atoms with Crippen LogP contribution in [-0.2, 0) is 7.05 Å². The van der Waals surface area contributed by atoms with Gasteiger partial charge < -0.3 is 0 Å². The fourth-order valence-electron chi connectivity index (χ4n) is 2.98. The van der Waals surface area contributed by atoms with Crippen LogP contribution in [0.2, 0.25) is 0 Å². The van der Waals surface area contributed by atoms with Crippen LogP contribution >= 0.6 is 15.9 Å². The first-order valence-corrected chi connectivity index (χ1v) is 7.43. The normalized spacial score (nSPS) is 19.6. The third-order valence-electron chi connectivity index (χ3n) is 4.10. The Hall–Kier alpha value is -1.17. The van der Waals surface area contributed by atoms with Gasteiger partial charge >= 0.3 is 5.69 Å². The van der Waals surface area contributed by atoms with Crippen molar-refractivity contribution in [2.75, 3.05) is 0 Å². The van der Waals surface area contributed by atoms with E-state index in [4.69, 9.17) is 0 Å². The molecule has 0 unspecified atom stereocenters. The van der Waals surface area contributed by atoms with Gasteiger partial charge in [-0.15, -0.1) is 0 Å². The molecule has 1 saturated carbocycles. The number of aryl methyl sites for hydroxylation is 1. The average molecular weight is 345 g/mol. The van der Waals surface area contributed by atoms with E-state index in [9.17, 15) is 13.6 Å². The third kappa shape index (κ3) is 2.20. The molecule has 1 heterocycles. The van der Waals surface area contributed by atoms with Crippen molar-refractivity contribution >= 4 is 27.0 Å². The van der Waals surface area contributed by atoms with Gasteiger partial charge in [0.25, 0.3) is 0 Å². The van der Waals surface area contributed by atoms with Crippen molar-refractivity contribution in [3.05, 3.63) is 33.2 Å². The monoisotopic (exact) mass is 344 g/mol. The Balaban J connectivity index is 2.10. The van der Waals surface area contributed by atoms with E-state index < -0.39 is 5.92 Å². The molecule has 0 saturated heterocycles. The summed E-state index contributed by atoms with van der Waals surface area (Å²) in [6.45, 7) is 0. The van der Waals surface area contributed by atoms with E-state index in [0.29, 0.717) is 12.8 Å². The number of hydrogen-bond donors (Lipinski definition) is 0. The van der Waals surface area contributed by atoms with Gasteiger partial charge in [-0.25, -0.2) is 13.6 Å². The number of fused-ring (bicyclic) bond motifs is 1. The van der Waals surface area contributed by atoms with Crippen molar-refractivity contribution < 1.29 is 8.78 Å². The number of aromatic nitrogens is 2. The molecule has 1 aliphatic rings. The fraction of sp³-hybridized carbons (Fsp3) is 0.500. The molecule has 3 nitrogen and oxygen atoms in total. The standard InChI is InChI=1S/C14H15BrF2N2O/c1-18-11-3-2-9(15)8-12(11)19(13(18)20)10-4-6-14(16,17)7-5-10/h2-3,8,10H,4-7H2,1H3. The lowest BCUT2D eigenvalue weighted by atomic mass is 9.92. The zero-order valence-corrected chi connectivity index (χ0v) is 12.7. The quantitative estimate of drug-likeness (QED) is 0.771. The largest absolute Gasteiger partial charge is 0.329 e. The predicted octanol–water partition coefficient (Wildman–Crippen LogP) is 3.85. The number of nitrogens with zero attached hydrogens (tertiary/aromatic N) is 2. The minimum absolute atomic E-state index is 0.131. The molecule has 1 aromatic heterocycles. The summed E-state index contributed by atoms with van der Waals surface area (Å²) in [4.78, 5) is 12.4. The minimum Gasteiger partial charge on any atom is -0.295 e. The Morgan fingerprint density at radius 3 is 2.55 bits per heavy atom. The van der Waals surface area contributed by atoms with Crippen LogP contribution in [0.15, 0.2) is 27.5 Å². The first-order valence-electron chi connectivity index (χ1n) is 6.63. The maximum atomic E-state index is 13.3. The first-order chi connectivity index (χ1) is 9.39. The number of imidazole rings is 1. The molecule has 0 aliphatic heterocycles. The Morgan fingerprint density at radius 1 is 1.25 bits per heavy atom. The molecule has 0 radical (unpaired) electrons. The maximum absolute atomic E-state index is 13.3. The highest BCUT2D eigenvalue weighted by Crippen LogP contribution is 2.39. The highest BCUT2D eigenvalue weighted by molar-refractivity contribution is 9.10. The molecule has 2 aromatic rings. The van der Waals surface area contributed by atoms with Gasteiger partial charge in [0.15, 0.2) is 0 Å². The lowest BCUT2D eigenvalue weighted by Crippen LogP contribution is -2.32. The Kier molecular flexibility index (Phi) is 3.23. The van der Waals surface area contributed by atoms with Gasteiger partial charge in [-0.05, 0) is 31.0 Å². The van der Waals surface area contributed by atoms with Crippen molar-refractivity contribution in [2.24, 2.45) is 7.05 Å². The summed E-state index contributed by atoms with van der Waals surface area (Å²) < 4.78 is 30.7. The van der Waals surface area contributed by atoms with Gasteiger partial charge in [-0.2, -0.15) is 0 Å². The van der Waals surface area contributed by atoms with E-state index in [1.165, 1.54) is 0 Å². The van der Waals surface area contributed by atoms with Crippen LogP contribution in [0.3, 0.4) is 0 Å². The predicted molar refractivity (Wildman–Crippen MR) is 77.3 cm³/mol. The second-order valence-electron chi connectivity index (χ2n) is 5.43. The number of rotatable bonds is 1. The number of hydrogen-bond acceptors (Lipinski definition) is 1. The van der Waals surface area contributed by atoms with Crippen molar-refractivity contribution in [1.29, 1.82) is 0 Å². The average Bonchev–Trinajstić information content (AvgIpc) is 2.63. The van der Waals surface area contributed by atoms with Crippen LogP contribution in [-0.4, -0.2) is 15.1 Å². The van der Waals surface area contributed by atoms with Gasteiger partial charge in [0, 0.05) is 30.4 Å². The van der Waals surface area contributed by atoms with Crippen molar-refractivity contribution in [3.8, 4) is 0 Å². The zero-order valence-electron chi connectivity index (χ0n) is 11.1. The second-order valence-corrected chi connectivity index (χ2v) is 6.35. The molecule has 0 amide bonds. The highest BCUT2D eigenvalue weighted by Gasteiger charge is 2.36. The van der Waals surface area contributed by atoms with Crippen molar-refractivity contribution in [2.45, 2.75) is 37.6 Å². The lowest BCUT2D eigenvalue weighted by molar-refractivity contribution is -0.0439. The molecule has 1 aromatic carbocycles. The molecule has 1 fully saturated rings.